The zero-order valence-corrected chi connectivity index (χ0v) is 18.3. The second-order valence-corrected chi connectivity index (χ2v) is 12.4. The molecule has 9 heteroatoms. The number of carbonyl (C=O) groups excluding carboxylic acids is 1. The standard InChI is InChI=1S/C20H25NO6S2/c1-13-18(29(25,26)14-9-6-5-7-10-14)17-15(21-19(22)27-20(2,3)4)11-8-12-16(17)28(13,23)24/h5-13,18,23-24H,1-4H3,(H,21,22). The Kier molecular flexibility index (Phi) is 5.46. The third-order valence-electron chi connectivity index (χ3n) is 4.66. The van der Waals surface area contributed by atoms with E-state index in [9.17, 15) is 22.3 Å². The summed E-state index contributed by atoms with van der Waals surface area (Å²) in [5, 5.41) is 0.368. The van der Waals surface area contributed by atoms with E-state index in [1.165, 1.54) is 31.2 Å². The van der Waals surface area contributed by atoms with Crippen molar-refractivity contribution in [2.24, 2.45) is 0 Å². The number of anilines is 1. The van der Waals surface area contributed by atoms with Crippen molar-refractivity contribution in [2.45, 2.75) is 53.6 Å². The lowest BCUT2D eigenvalue weighted by Crippen LogP contribution is -2.28. The minimum Gasteiger partial charge on any atom is -0.444 e. The summed E-state index contributed by atoms with van der Waals surface area (Å²) in [5.41, 5.74) is -0.367. The molecule has 2 atom stereocenters. The molecule has 2 unspecified atom stereocenters. The Morgan fingerprint density at radius 2 is 1.69 bits per heavy atom. The van der Waals surface area contributed by atoms with Crippen LogP contribution in [0.4, 0.5) is 10.5 Å². The Balaban J connectivity index is 2.13. The highest BCUT2D eigenvalue weighted by molar-refractivity contribution is 8.25. The highest BCUT2D eigenvalue weighted by atomic mass is 32.3. The average molecular weight is 440 g/mol. The predicted octanol–water partition coefficient (Wildman–Crippen LogP) is 5.06. The molecule has 0 saturated heterocycles. The number of benzene rings is 2. The SMILES string of the molecule is CC1C(S(=O)(=O)c2ccccc2)c2c(NC(=O)OC(C)(C)C)cccc2S1(O)O. The smallest absolute Gasteiger partial charge is 0.412 e. The van der Waals surface area contributed by atoms with Gasteiger partial charge in [0, 0.05) is 5.56 Å². The minimum absolute atomic E-state index is 0.0759. The Morgan fingerprint density at radius 3 is 2.28 bits per heavy atom. The van der Waals surface area contributed by atoms with E-state index in [1.54, 1.807) is 45.0 Å². The van der Waals surface area contributed by atoms with E-state index in [0.29, 0.717) is 0 Å². The highest BCUT2D eigenvalue weighted by Gasteiger charge is 2.50. The van der Waals surface area contributed by atoms with Gasteiger partial charge < -0.3 is 4.74 Å². The molecule has 0 radical (unpaired) electrons. The number of ether oxygens (including phenoxy) is 1. The van der Waals surface area contributed by atoms with Crippen LogP contribution in [-0.4, -0.2) is 34.5 Å². The number of hydrogen-bond acceptors (Lipinski definition) is 6. The van der Waals surface area contributed by atoms with Crippen LogP contribution in [0, 0.1) is 0 Å². The Bertz CT molecular complexity index is 1030. The fourth-order valence-electron chi connectivity index (χ4n) is 3.39. The van der Waals surface area contributed by atoms with Crippen LogP contribution in [0.2, 0.25) is 0 Å². The molecule has 1 amide bonds. The molecular weight excluding hydrogens is 414 g/mol. The largest absolute Gasteiger partial charge is 0.444 e. The fraction of sp³-hybridized carbons (Fsp3) is 0.350. The summed E-state index contributed by atoms with van der Waals surface area (Å²) >= 11 is 0. The van der Waals surface area contributed by atoms with Crippen molar-refractivity contribution in [1.29, 1.82) is 0 Å². The van der Waals surface area contributed by atoms with E-state index in [-0.39, 0.29) is 21.0 Å². The van der Waals surface area contributed by atoms with Gasteiger partial charge in [-0.05, 0) is 52.0 Å². The number of nitrogens with one attached hydrogen (secondary N) is 1. The first kappa shape index (κ1) is 21.6. The van der Waals surface area contributed by atoms with E-state index >= 15 is 0 Å². The minimum atomic E-state index is -3.96. The van der Waals surface area contributed by atoms with E-state index in [4.69, 9.17) is 4.74 Å². The lowest BCUT2D eigenvalue weighted by atomic mass is 10.1. The van der Waals surface area contributed by atoms with Gasteiger partial charge >= 0.3 is 6.09 Å². The first-order chi connectivity index (χ1) is 13.4. The molecule has 0 spiro atoms. The molecule has 1 heterocycles. The number of amides is 1. The predicted molar refractivity (Wildman–Crippen MR) is 113 cm³/mol. The second kappa shape index (κ2) is 7.32. The van der Waals surface area contributed by atoms with Crippen LogP contribution in [0.15, 0.2) is 58.3 Å². The van der Waals surface area contributed by atoms with Crippen LogP contribution >= 0.6 is 10.6 Å². The normalized spacial score (nSPS) is 21.9. The van der Waals surface area contributed by atoms with Crippen LogP contribution in [0.25, 0.3) is 0 Å². The number of hydrogen-bond donors (Lipinski definition) is 3. The molecule has 0 bridgehead atoms. The van der Waals surface area contributed by atoms with Crippen molar-refractivity contribution >= 4 is 32.2 Å². The van der Waals surface area contributed by atoms with Crippen molar-refractivity contribution in [1.82, 2.24) is 0 Å². The molecule has 0 aromatic heterocycles. The van der Waals surface area contributed by atoms with Gasteiger partial charge in [0.1, 0.15) is 10.9 Å². The van der Waals surface area contributed by atoms with Crippen LogP contribution in [0.1, 0.15) is 38.5 Å². The number of rotatable bonds is 3. The molecule has 3 N–H and O–H groups in total. The van der Waals surface area contributed by atoms with E-state index in [1.807, 2.05) is 0 Å². The Hall–Kier alpha value is -2.07. The summed E-state index contributed by atoms with van der Waals surface area (Å²) in [6, 6.07) is 12.4. The van der Waals surface area contributed by atoms with Crippen molar-refractivity contribution in [3.63, 3.8) is 0 Å². The van der Waals surface area contributed by atoms with Crippen LogP contribution < -0.4 is 5.32 Å². The van der Waals surface area contributed by atoms with Gasteiger partial charge in [-0.25, -0.2) is 13.2 Å². The second-order valence-electron chi connectivity index (χ2n) is 7.92. The van der Waals surface area contributed by atoms with Crippen LogP contribution in [-0.2, 0) is 14.6 Å². The summed E-state index contributed by atoms with van der Waals surface area (Å²) in [6.45, 7) is 6.63. The average Bonchev–Trinajstić information content (AvgIpc) is 2.82. The van der Waals surface area contributed by atoms with Gasteiger partial charge in [-0.2, -0.15) is 10.6 Å². The van der Waals surface area contributed by atoms with E-state index in [0.717, 1.165) is 0 Å². The topological polar surface area (TPSA) is 113 Å². The van der Waals surface area contributed by atoms with E-state index in [2.05, 4.69) is 5.32 Å². The van der Waals surface area contributed by atoms with Crippen LogP contribution in [0.5, 0.6) is 0 Å². The summed E-state index contributed by atoms with van der Waals surface area (Å²) in [6.07, 6.45) is -0.752. The van der Waals surface area contributed by atoms with Crippen molar-refractivity contribution in [3.8, 4) is 0 Å². The quantitative estimate of drug-likeness (QED) is 0.616. The summed E-state index contributed by atoms with van der Waals surface area (Å²) < 4.78 is 53.6. The molecule has 0 aliphatic carbocycles. The first-order valence-electron chi connectivity index (χ1n) is 9.04. The molecule has 1 aliphatic rings. The van der Waals surface area contributed by atoms with Gasteiger partial charge in [-0.3, -0.25) is 14.4 Å². The van der Waals surface area contributed by atoms with Crippen molar-refractivity contribution < 1.29 is 27.1 Å². The zero-order chi connectivity index (χ0) is 21.6. The third kappa shape index (κ3) is 4.00. The summed E-state index contributed by atoms with van der Waals surface area (Å²) in [7, 11) is -7.35. The van der Waals surface area contributed by atoms with Gasteiger partial charge in [0.15, 0.2) is 9.84 Å². The first-order valence-corrected chi connectivity index (χ1v) is 12.2. The van der Waals surface area contributed by atoms with Gasteiger partial charge in [0.2, 0.25) is 0 Å². The fourth-order valence-corrected chi connectivity index (χ4v) is 7.99. The Morgan fingerprint density at radius 1 is 1.07 bits per heavy atom. The molecule has 0 saturated carbocycles. The molecule has 2 aromatic rings. The monoisotopic (exact) mass is 439 g/mol. The lowest BCUT2D eigenvalue weighted by Gasteiger charge is -2.34. The van der Waals surface area contributed by atoms with Crippen molar-refractivity contribution in [2.75, 3.05) is 5.32 Å². The molecular formula is C20H25NO6S2. The third-order valence-corrected chi connectivity index (χ3v) is 9.39. The van der Waals surface area contributed by atoms with Gasteiger partial charge in [0.05, 0.1) is 20.7 Å². The summed E-state index contributed by atoms with van der Waals surface area (Å²) in [5.74, 6) is 0. The molecule has 3 rings (SSSR count). The van der Waals surface area contributed by atoms with Gasteiger partial charge in [-0.1, -0.05) is 24.3 Å². The van der Waals surface area contributed by atoms with Crippen molar-refractivity contribution in [3.05, 3.63) is 54.1 Å². The number of sulfone groups is 1. The molecule has 0 fully saturated rings. The van der Waals surface area contributed by atoms with Crippen LogP contribution in [0.3, 0.4) is 0 Å². The zero-order valence-electron chi connectivity index (χ0n) is 16.6. The lowest BCUT2D eigenvalue weighted by molar-refractivity contribution is 0.0635. The van der Waals surface area contributed by atoms with E-state index < -0.39 is 42.6 Å². The molecule has 158 valence electrons. The Labute approximate surface area is 172 Å². The molecule has 7 nitrogen and oxygen atoms in total. The maximum Gasteiger partial charge on any atom is 0.412 e. The molecule has 29 heavy (non-hydrogen) atoms. The number of fused-ring (bicyclic) bond motifs is 1. The van der Waals surface area contributed by atoms with Gasteiger partial charge in [-0.15, -0.1) is 0 Å². The molecule has 2 aromatic carbocycles. The van der Waals surface area contributed by atoms with Gasteiger partial charge in [0.25, 0.3) is 0 Å². The number of carbonyl (C=O) groups is 1. The summed E-state index contributed by atoms with van der Waals surface area (Å²) in [4.78, 5) is 12.5. The maximum absolute atomic E-state index is 13.4. The maximum atomic E-state index is 13.4. The highest BCUT2D eigenvalue weighted by Crippen LogP contribution is 2.67. The molecule has 1 aliphatic heterocycles.